The van der Waals surface area contributed by atoms with Gasteiger partial charge in [-0.2, -0.15) is 13.2 Å². The minimum atomic E-state index is -4.40. The van der Waals surface area contributed by atoms with E-state index in [1.165, 1.54) is 18.9 Å². The van der Waals surface area contributed by atoms with E-state index in [1.807, 2.05) is 0 Å². The smallest absolute Gasteiger partial charge is 0.379 e. The van der Waals surface area contributed by atoms with Crippen LogP contribution in [0.2, 0.25) is 0 Å². The van der Waals surface area contributed by atoms with Gasteiger partial charge in [0.25, 0.3) is 5.91 Å². The van der Waals surface area contributed by atoms with Crippen LogP contribution in [0.1, 0.15) is 66.4 Å². The van der Waals surface area contributed by atoms with Crippen LogP contribution < -0.4 is 10.6 Å². The van der Waals surface area contributed by atoms with Crippen LogP contribution in [0.15, 0.2) is 18.2 Å². The molecule has 3 aliphatic rings. The van der Waals surface area contributed by atoms with Gasteiger partial charge in [-0.15, -0.1) is 0 Å². The Balaban J connectivity index is 1.48. The van der Waals surface area contributed by atoms with Gasteiger partial charge in [0.15, 0.2) is 0 Å². The van der Waals surface area contributed by atoms with E-state index in [0.717, 1.165) is 31.4 Å². The average Bonchev–Trinajstić information content (AvgIpc) is 3.55. The van der Waals surface area contributed by atoms with Gasteiger partial charge in [0.2, 0.25) is 0 Å². The molecule has 4 rings (SSSR count). The van der Waals surface area contributed by atoms with Crippen molar-refractivity contribution in [2.24, 2.45) is 5.92 Å². The van der Waals surface area contributed by atoms with E-state index in [2.05, 4.69) is 17.6 Å². The lowest BCUT2D eigenvalue weighted by atomic mass is 9.97. The molecule has 7 heteroatoms. The van der Waals surface area contributed by atoms with Crippen LogP contribution in [0.5, 0.6) is 0 Å². The number of alkyl halides is 3. The molecule has 2 saturated carbocycles. The van der Waals surface area contributed by atoms with Gasteiger partial charge < -0.3 is 15.4 Å². The zero-order chi connectivity index (χ0) is 19.9. The monoisotopic (exact) mass is 396 g/mol. The Morgan fingerprint density at radius 2 is 1.89 bits per heavy atom. The molecular weight excluding hydrogens is 369 g/mol. The number of carbonyl (C=O) groups excluding carboxylic acids is 1. The number of nitrogens with one attached hydrogen (secondary N) is 2. The zero-order valence-electron chi connectivity index (χ0n) is 16.0. The van der Waals surface area contributed by atoms with Crippen molar-refractivity contribution in [3.8, 4) is 0 Å². The fourth-order valence-corrected chi connectivity index (χ4v) is 4.07. The van der Waals surface area contributed by atoms with Gasteiger partial charge in [0.1, 0.15) is 0 Å². The van der Waals surface area contributed by atoms with Gasteiger partial charge in [-0.3, -0.25) is 4.79 Å². The van der Waals surface area contributed by atoms with Crippen molar-refractivity contribution < 1.29 is 22.7 Å². The Bertz CT molecular complexity index is 729. The number of benzene rings is 1. The van der Waals surface area contributed by atoms with Crippen LogP contribution in [0.3, 0.4) is 0 Å². The van der Waals surface area contributed by atoms with Gasteiger partial charge in [0, 0.05) is 24.3 Å². The molecule has 2 N–H and O–H groups in total. The molecule has 3 fully saturated rings. The molecular formula is C21H27F3N2O2. The molecule has 1 saturated heterocycles. The van der Waals surface area contributed by atoms with Crippen molar-refractivity contribution >= 4 is 5.91 Å². The summed E-state index contributed by atoms with van der Waals surface area (Å²) in [6.07, 6.45) is 0.554. The lowest BCUT2D eigenvalue weighted by Gasteiger charge is -2.35. The van der Waals surface area contributed by atoms with E-state index in [0.29, 0.717) is 36.3 Å². The normalized spacial score (nSPS) is 26.7. The molecule has 28 heavy (non-hydrogen) atoms. The first-order valence-electron chi connectivity index (χ1n) is 10.2. The number of amides is 1. The largest absolute Gasteiger partial charge is 0.416 e. The molecule has 0 bridgehead atoms. The summed E-state index contributed by atoms with van der Waals surface area (Å²) in [5.74, 6) is 0.446. The fourth-order valence-electron chi connectivity index (χ4n) is 4.07. The number of halogens is 3. The predicted octanol–water partition coefficient (Wildman–Crippen LogP) is 3.86. The molecule has 1 aromatic carbocycles. The lowest BCUT2D eigenvalue weighted by Crippen LogP contribution is -2.57. The quantitative estimate of drug-likeness (QED) is 0.768. The second-order valence-corrected chi connectivity index (χ2v) is 8.42. The Hall–Kier alpha value is -1.60. The molecule has 1 aromatic rings. The van der Waals surface area contributed by atoms with Crippen LogP contribution >= 0.6 is 0 Å². The number of hydrogen-bond donors (Lipinski definition) is 2. The van der Waals surface area contributed by atoms with Crippen LogP contribution in [0, 0.1) is 5.92 Å². The van der Waals surface area contributed by atoms with E-state index in [-0.39, 0.29) is 23.9 Å². The summed E-state index contributed by atoms with van der Waals surface area (Å²) in [4.78, 5) is 12.9. The molecule has 1 heterocycles. The van der Waals surface area contributed by atoms with Crippen LogP contribution in [0.25, 0.3) is 0 Å². The van der Waals surface area contributed by atoms with Gasteiger partial charge in [-0.05, 0) is 74.6 Å². The summed E-state index contributed by atoms with van der Waals surface area (Å²) in [7, 11) is 0. The van der Waals surface area contributed by atoms with E-state index in [1.54, 1.807) is 0 Å². The van der Waals surface area contributed by atoms with Crippen LogP contribution in [-0.4, -0.2) is 37.2 Å². The predicted molar refractivity (Wildman–Crippen MR) is 99.2 cm³/mol. The highest BCUT2D eigenvalue weighted by Gasteiger charge is 2.37. The van der Waals surface area contributed by atoms with Gasteiger partial charge >= 0.3 is 6.18 Å². The second-order valence-electron chi connectivity index (χ2n) is 8.42. The summed E-state index contributed by atoms with van der Waals surface area (Å²) < 4.78 is 44.8. The second kappa shape index (κ2) is 7.67. The number of hydrogen-bond acceptors (Lipinski definition) is 3. The first-order valence-corrected chi connectivity index (χ1v) is 10.2. The zero-order valence-corrected chi connectivity index (χ0v) is 16.0. The summed E-state index contributed by atoms with van der Waals surface area (Å²) in [5, 5.41) is 6.65. The van der Waals surface area contributed by atoms with Gasteiger partial charge in [-0.1, -0.05) is 0 Å². The molecule has 0 radical (unpaired) electrons. The fraction of sp³-hybridized carbons (Fsp3) is 0.667. The molecule has 3 unspecified atom stereocenters. The highest BCUT2D eigenvalue weighted by molar-refractivity contribution is 5.96. The molecule has 3 atom stereocenters. The maximum absolute atomic E-state index is 13.1. The number of carbonyl (C=O) groups is 1. The van der Waals surface area contributed by atoms with Crippen molar-refractivity contribution in [3.05, 3.63) is 34.9 Å². The van der Waals surface area contributed by atoms with E-state index in [9.17, 15) is 18.0 Å². The SMILES string of the molecule is CC(NC1CCOCC1NC(=O)c1ccc(C(F)(F)F)cc1C1CC1)C1CC1. The lowest BCUT2D eigenvalue weighted by molar-refractivity contribution is -0.137. The van der Waals surface area contributed by atoms with Crippen LogP contribution in [-0.2, 0) is 10.9 Å². The van der Waals surface area contributed by atoms with Crippen molar-refractivity contribution in [1.82, 2.24) is 10.6 Å². The highest BCUT2D eigenvalue weighted by atomic mass is 19.4. The van der Waals surface area contributed by atoms with E-state index >= 15 is 0 Å². The summed E-state index contributed by atoms with van der Waals surface area (Å²) in [5.41, 5.74) is 0.180. The minimum absolute atomic E-state index is 0.0504. The topological polar surface area (TPSA) is 50.4 Å². The Kier molecular flexibility index (Phi) is 5.40. The third-order valence-electron chi connectivity index (χ3n) is 6.12. The molecule has 4 nitrogen and oxygen atoms in total. The van der Waals surface area contributed by atoms with Crippen molar-refractivity contribution in [1.29, 1.82) is 0 Å². The van der Waals surface area contributed by atoms with E-state index < -0.39 is 11.7 Å². The minimum Gasteiger partial charge on any atom is -0.379 e. The molecule has 2 aliphatic carbocycles. The van der Waals surface area contributed by atoms with Crippen LogP contribution in [0.4, 0.5) is 13.2 Å². The first-order chi connectivity index (χ1) is 13.3. The van der Waals surface area contributed by atoms with Gasteiger partial charge in [-0.25, -0.2) is 0 Å². The summed E-state index contributed by atoms with van der Waals surface area (Å²) in [6, 6.07) is 3.81. The Morgan fingerprint density at radius 1 is 1.14 bits per heavy atom. The Morgan fingerprint density at radius 3 is 2.54 bits per heavy atom. The van der Waals surface area contributed by atoms with Crippen molar-refractivity contribution in [2.45, 2.75) is 69.2 Å². The number of ether oxygens (including phenoxy) is 1. The summed E-state index contributed by atoms with van der Waals surface area (Å²) >= 11 is 0. The third-order valence-corrected chi connectivity index (χ3v) is 6.12. The third kappa shape index (κ3) is 4.51. The maximum atomic E-state index is 13.1. The molecule has 0 aromatic heterocycles. The maximum Gasteiger partial charge on any atom is 0.416 e. The standard InChI is InChI=1S/C21H27F3N2O2/c1-12(13-2-3-13)25-18-8-9-28-11-19(18)26-20(27)16-7-6-15(21(22,23)24)10-17(16)14-4-5-14/h6-7,10,12-14,18-19,25H,2-5,8-9,11H2,1H3,(H,26,27). The molecule has 1 amide bonds. The summed E-state index contributed by atoms with van der Waals surface area (Å²) in [6.45, 7) is 3.24. The first kappa shape index (κ1) is 19.7. The number of rotatable bonds is 6. The highest BCUT2D eigenvalue weighted by Crippen LogP contribution is 2.43. The van der Waals surface area contributed by atoms with Crippen molar-refractivity contribution in [3.63, 3.8) is 0 Å². The van der Waals surface area contributed by atoms with Gasteiger partial charge in [0.05, 0.1) is 18.2 Å². The molecule has 1 aliphatic heterocycles. The molecule has 154 valence electrons. The van der Waals surface area contributed by atoms with Crippen molar-refractivity contribution in [2.75, 3.05) is 13.2 Å². The average molecular weight is 396 g/mol. The Labute approximate surface area is 163 Å². The van der Waals surface area contributed by atoms with E-state index in [4.69, 9.17) is 4.74 Å². The molecule has 0 spiro atoms.